The number of aromatic nitrogens is 1. The minimum Gasteiger partial charge on any atom is -0.477 e. The van der Waals surface area contributed by atoms with Gasteiger partial charge in [-0.05, 0) is 35.4 Å². The highest BCUT2D eigenvalue weighted by molar-refractivity contribution is 6.31. The van der Waals surface area contributed by atoms with Crippen LogP contribution in [0.25, 0.3) is 11.1 Å². The van der Waals surface area contributed by atoms with Crippen LogP contribution in [0.2, 0.25) is 5.02 Å². The van der Waals surface area contributed by atoms with Crippen molar-refractivity contribution in [1.29, 1.82) is 5.26 Å². The van der Waals surface area contributed by atoms with Crippen LogP contribution in [0.5, 0.6) is 0 Å². The fraction of sp³-hybridized carbons (Fsp3) is 0. The lowest BCUT2D eigenvalue weighted by Crippen LogP contribution is -1.99. The van der Waals surface area contributed by atoms with E-state index in [0.29, 0.717) is 16.1 Å². The highest BCUT2D eigenvalue weighted by Gasteiger charge is 2.08. The molecule has 5 heteroatoms. The molecule has 0 aliphatic rings. The molecule has 88 valence electrons. The predicted octanol–water partition coefficient (Wildman–Crippen LogP) is 2.97. The number of nitrogens with zero attached hydrogens (tertiary/aromatic N) is 2. The number of carbonyl (C=O) groups is 1. The van der Waals surface area contributed by atoms with E-state index in [4.69, 9.17) is 22.0 Å². The highest BCUT2D eigenvalue weighted by Crippen LogP contribution is 2.24. The normalized spacial score (nSPS) is 9.78. The number of halogens is 1. The van der Waals surface area contributed by atoms with Crippen LogP contribution in [0.3, 0.4) is 0 Å². The number of hydrogen-bond donors (Lipinski definition) is 1. The van der Waals surface area contributed by atoms with E-state index in [1.165, 1.54) is 12.3 Å². The van der Waals surface area contributed by atoms with Gasteiger partial charge in [0.2, 0.25) is 0 Å². The van der Waals surface area contributed by atoms with Gasteiger partial charge in [0.05, 0.1) is 10.6 Å². The number of nitriles is 1. The summed E-state index contributed by atoms with van der Waals surface area (Å²) in [5.41, 5.74) is 1.71. The second kappa shape index (κ2) is 4.86. The molecule has 0 fully saturated rings. The molecule has 2 aromatic rings. The van der Waals surface area contributed by atoms with Crippen molar-refractivity contribution < 1.29 is 9.90 Å². The van der Waals surface area contributed by atoms with Crippen molar-refractivity contribution in [2.24, 2.45) is 0 Å². The van der Waals surface area contributed by atoms with E-state index in [1.54, 1.807) is 24.3 Å². The maximum atomic E-state index is 10.8. The first-order chi connectivity index (χ1) is 8.61. The number of aromatic carboxylic acids is 1. The number of carboxylic acid groups (broad SMARTS) is 1. The van der Waals surface area contributed by atoms with Gasteiger partial charge in [0.1, 0.15) is 11.8 Å². The van der Waals surface area contributed by atoms with Gasteiger partial charge >= 0.3 is 5.97 Å². The van der Waals surface area contributed by atoms with Crippen molar-refractivity contribution in [3.8, 4) is 17.2 Å². The average Bonchev–Trinajstić information content (AvgIpc) is 2.39. The molecule has 0 aliphatic carbocycles. The van der Waals surface area contributed by atoms with Gasteiger partial charge in [0.25, 0.3) is 0 Å². The van der Waals surface area contributed by atoms with E-state index in [-0.39, 0.29) is 5.69 Å². The first-order valence-corrected chi connectivity index (χ1v) is 5.39. The zero-order valence-corrected chi connectivity index (χ0v) is 9.85. The molecular weight excluding hydrogens is 252 g/mol. The Morgan fingerprint density at radius 2 is 2.00 bits per heavy atom. The summed E-state index contributed by atoms with van der Waals surface area (Å²) in [5, 5.41) is 18.1. The minimum atomic E-state index is -1.09. The van der Waals surface area contributed by atoms with Gasteiger partial charge in [0.15, 0.2) is 0 Å². The Kier molecular flexibility index (Phi) is 3.26. The Bertz CT molecular complexity index is 662. The molecule has 0 bridgehead atoms. The van der Waals surface area contributed by atoms with Gasteiger partial charge in [-0.2, -0.15) is 5.26 Å². The van der Waals surface area contributed by atoms with E-state index in [9.17, 15) is 4.79 Å². The molecule has 1 aromatic carbocycles. The molecule has 4 nitrogen and oxygen atoms in total. The predicted molar refractivity (Wildman–Crippen MR) is 66.4 cm³/mol. The number of hydrogen-bond acceptors (Lipinski definition) is 3. The molecule has 0 aliphatic heterocycles. The maximum absolute atomic E-state index is 10.8. The second-order valence-corrected chi connectivity index (χ2v) is 3.95. The molecule has 0 saturated heterocycles. The van der Waals surface area contributed by atoms with E-state index in [0.717, 1.165) is 5.56 Å². The van der Waals surface area contributed by atoms with Crippen molar-refractivity contribution in [3.63, 3.8) is 0 Å². The summed E-state index contributed by atoms with van der Waals surface area (Å²) in [6.45, 7) is 0. The van der Waals surface area contributed by atoms with Crippen molar-refractivity contribution in [2.75, 3.05) is 0 Å². The van der Waals surface area contributed by atoms with Crippen molar-refractivity contribution in [1.82, 2.24) is 4.98 Å². The topological polar surface area (TPSA) is 74.0 Å². The van der Waals surface area contributed by atoms with Crippen LogP contribution in [0, 0.1) is 11.3 Å². The number of pyridine rings is 1. The van der Waals surface area contributed by atoms with E-state index < -0.39 is 5.97 Å². The molecular formula is C13H7ClN2O2. The van der Waals surface area contributed by atoms with Gasteiger partial charge in [-0.3, -0.25) is 0 Å². The van der Waals surface area contributed by atoms with Crippen LogP contribution in [0.4, 0.5) is 0 Å². The second-order valence-electron chi connectivity index (χ2n) is 3.54. The fourth-order valence-corrected chi connectivity index (χ4v) is 1.68. The van der Waals surface area contributed by atoms with Crippen LogP contribution in [0.1, 0.15) is 16.1 Å². The SMILES string of the molecule is N#Cc1cc(-c2ccnc(C(=O)O)c2)ccc1Cl. The lowest BCUT2D eigenvalue weighted by atomic mass is 10.0. The molecule has 0 spiro atoms. The molecule has 1 aromatic heterocycles. The molecule has 1 heterocycles. The minimum absolute atomic E-state index is 0.0408. The van der Waals surface area contributed by atoms with Crippen LogP contribution in [-0.4, -0.2) is 16.1 Å². The molecule has 1 N–H and O–H groups in total. The van der Waals surface area contributed by atoms with Crippen LogP contribution in [-0.2, 0) is 0 Å². The summed E-state index contributed by atoms with van der Waals surface area (Å²) in [5.74, 6) is -1.09. The van der Waals surface area contributed by atoms with Crippen LogP contribution < -0.4 is 0 Å². The van der Waals surface area contributed by atoms with Gasteiger partial charge in [-0.15, -0.1) is 0 Å². The Morgan fingerprint density at radius 3 is 2.67 bits per heavy atom. The number of benzene rings is 1. The smallest absolute Gasteiger partial charge is 0.354 e. The summed E-state index contributed by atoms with van der Waals surface area (Å²) in [6, 6.07) is 10.1. The quantitative estimate of drug-likeness (QED) is 0.899. The van der Waals surface area contributed by atoms with E-state index in [1.807, 2.05) is 6.07 Å². The highest BCUT2D eigenvalue weighted by atomic mass is 35.5. The fourth-order valence-electron chi connectivity index (χ4n) is 1.52. The molecule has 0 radical (unpaired) electrons. The molecule has 2 rings (SSSR count). The van der Waals surface area contributed by atoms with Crippen molar-refractivity contribution in [3.05, 3.63) is 52.8 Å². The lowest BCUT2D eigenvalue weighted by molar-refractivity contribution is 0.0690. The summed E-state index contributed by atoms with van der Waals surface area (Å²) in [4.78, 5) is 14.6. The lowest BCUT2D eigenvalue weighted by Gasteiger charge is -2.04. The first-order valence-electron chi connectivity index (χ1n) is 5.01. The largest absolute Gasteiger partial charge is 0.477 e. The summed E-state index contributed by atoms with van der Waals surface area (Å²) in [6.07, 6.45) is 1.42. The molecule has 0 amide bonds. The van der Waals surface area contributed by atoms with Crippen LogP contribution in [0.15, 0.2) is 36.5 Å². The molecule has 0 atom stereocenters. The third-order valence-electron chi connectivity index (χ3n) is 2.40. The van der Waals surface area contributed by atoms with Gasteiger partial charge < -0.3 is 5.11 Å². The zero-order chi connectivity index (χ0) is 13.1. The van der Waals surface area contributed by atoms with Gasteiger partial charge in [-0.1, -0.05) is 17.7 Å². The standard InChI is InChI=1S/C13H7ClN2O2/c14-11-2-1-8(5-10(11)7-15)9-3-4-16-12(6-9)13(17)18/h1-6H,(H,17,18). The summed E-state index contributed by atoms with van der Waals surface area (Å²) < 4.78 is 0. The number of carboxylic acids is 1. The van der Waals surface area contributed by atoms with E-state index in [2.05, 4.69) is 4.98 Å². The third-order valence-corrected chi connectivity index (χ3v) is 2.73. The first kappa shape index (κ1) is 12.1. The maximum Gasteiger partial charge on any atom is 0.354 e. The zero-order valence-electron chi connectivity index (χ0n) is 9.09. The summed E-state index contributed by atoms with van der Waals surface area (Å²) in [7, 11) is 0. The van der Waals surface area contributed by atoms with Gasteiger partial charge in [0, 0.05) is 6.20 Å². The summed E-state index contributed by atoms with van der Waals surface area (Å²) >= 11 is 5.84. The molecule has 0 unspecified atom stereocenters. The van der Waals surface area contributed by atoms with Gasteiger partial charge in [-0.25, -0.2) is 9.78 Å². The Balaban J connectivity index is 2.52. The van der Waals surface area contributed by atoms with Crippen molar-refractivity contribution >= 4 is 17.6 Å². The molecule has 18 heavy (non-hydrogen) atoms. The monoisotopic (exact) mass is 258 g/mol. The third kappa shape index (κ3) is 2.31. The van der Waals surface area contributed by atoms with Crippen molar-refractivity contribution in [2.45, 2.75) is 0 Å². The van der Waals surface area contributed by atoms with Crippen LogP contribution >= 0.6 is 11.6 Å². The number of rotatable bonds is 2. The Hall–Kier alpha value is -2.38. The Labute approximate surface area is 108 Å². The van der Waals surface area contributed by atoms with E-state index >= 15 is 0 Å². The average molecular weight is 259 g/mol. The Morgan fingerprint density at radius 1 is 1.28 bits per heavy atom. The molecule has 0 saturated carbocycles.